The van der Waals surface area contributed by atoms with Gasteiger partial charge in [-0.15, -0.1) is 11.8 Å². The molecule has 11 nitrogen and oxygen atoms in total. The molecule has 13 heteroatoms. The van der Waals surface area contributed by atoms with Crippen molar-refractivity contribution in [1.29, 1.82) is 0 Å². The summed E-state index contributed by atoms with van der Waals surface area (Å²) in [4.78, 5) is 20.4. The number of sulfonamides is 1. The summed E-state index contributed by atoms with van der Waals surface area (Å²) < 4.78 is 51.0. The fourth-order valence-electron chi connectivity index (χ4n) is 4.39. The first-order valence-corrected chi connectivity index (χ1v) is 16.0. The average Bonchev–Trinajstić information content (AvgIpc) is 3.44. The molecule has 0 aliphatic carbocycles. The number of anilines is 1. The van der Waals surface area contributed by atoms with Crippen LogP contribution in [0.3, 0.4) is 0 Å². The zero-order valence-electron chi connectivity index (χ0n) is 24.5. The Morgan fingerprint density at radius 2 is 1.79 bits per heavy atom. The number of methoxy groups -OCH3 is 3. The molecule has 2 heterocycles. The maximum absolute atomic E-state index is 13.3. The molecule has 0 spiro atoms. The van der Waals surface area contributed by atoms with E-state index in [0.717, 1.165) is 5.56 Å². The van der Waals surface area contributed by atoms with E-state index in [4.69, 9.17) is 18.9 Å². The van der Waals surface area contributed by atoms with Crippen molar-refractivity contribution in [3.8, 4) is 5.75 Å². The third-order valence-corrected chi connectivity index (χ3v) is 9.24. The number of H-pyrrole nitrogens is 1. The number of rotatable bonds is 16. The molecule has 0 aliphatic rings. The van der Waals surface area contributed by atoms with Crippen molar-refractivity contribution in [3.63, 3.8) is 0 Å². The summed E-state index contributed by atoms with van der Waals surface area (Å²) in [6, 6.07) is 18.3. The van der Waals surface area contributed by atoms with Crippen LogP contribution >= 0.6 is 11.8 Å². The maximum atomic E-state index is 13.3. The smallest absolute Gasteiger partial charge is 0.279 e. The van der Waals surface area contributed by atoms with Gasteiger partial charge < -0.3 is 29.2 Å². The minimum absolute atomic E-state index is 0.0942. The summed E-state index contributed by atoms with van der Waals surface area (Å²) in [5.41, 5.74) is 2.52. The van der Waals surface area contributed by atoms with Crippen LogP contribution in [0.1, 0.15) is 21.6 Å². The highest BCUT2D eigenvalue weighted by Gasteiger charge is 2.24. The Hall–Kier alpha value is -3.62. The van der Waals surface area contributed by atoms with E-state index in [1.165, 1.54) is 6.20 Å². The molecular weight excluding hydrogens is 592 g/mol. The summed E-state index contributed by atoms with van der Waals surface area (Å²) >= 11 is 1.61. The third-order valence-electron chi connectivity index (χ3n) is 6.50. The van der Waals surface area contributed by atoms with Gasteiger partial charge in [0.1, 0.15) is 18.1 Å². The SMILES string of the molecule is COCCOc1cc(NS(=O)(=O)c2ncccc2C)c2[nH]c(C(=O)NCC(SCc3ccccc3)C(OC)OC)cc2c1. The lowest BCUT2D eigenvalue weighted by atomic mass is 10.2. The van der Waals surface area contributed by atoms with E-state index in [1.807, 2.05) is 30.3 Å². The zero-order valence-corrected chi connectivity index (χ0v) is 26.1. The molecule has 0 saturated heterocycles. The molecule has 1 amide bonds. The summed E-state index contributed by atoms with van der Waals surface area (Å²) in [6.07, 6.45) is 0.876. The molecule has 1 atom stereocenters. The highest BCUT2D eigenvalue weighted by Crippen LogP contribution is 2.32. The van der Waals surface area contributed by atoms with Crippen LogP contribution in [0, 0.1) is 6.92 Å². The monoisotopic (exact) mass is 628 g/mol. The number of aromatic nitrogens is 2. The molecule has 0 radical (unpaired) electrons. The maximum Gasteiger partial charge on any atom is 0.279 e. The minimum atomic E-state index is -4.05. The van der Waals surface area contributed by atoms with Gasteiger partial charge in [0.2, 0.25) is 0 Å². The van der Waals surface area contributed by atoms with Gasteiger partial charge in [-0.1, -0.05) is 36.4 Å². The number of nitrogens with zero attached hydrogens (tertiary/aromatic N) is 1. The number of amides is 1. The quantitative estimate of drug-likeness (QED) is 0.122. The molecule has 0 fully saturated rings. The van der Waals surface area contributed by atoms with E-state index in [2.05, 4.69) is 20.0 Å². The summed E-state index contributed by atoms with van der Waals surface area (Å²) in [7, 11) is 0.634. The van der Waals surface area contributed by atoms with Crippen molar-refractivity contribution < 1.29 is 32.2 Å². The van der Waals surface area contributed by atoms with Gasteiger partial charge in [-0.2, -0.15) is 8.42 Å². The number of pyridine rings is 1. The molecule has 2 aromatic heterocycles. The largest absolute Gasteiger partial charge is 0.491 e. The van der Waals surface area contributed by atoms with Crippen LogP contribution in [0.4, 0.5) is 5.69 Å². The van der Waals surface area contributed by atoms with Crippen LogP contribution < -0.4 is 14.8 Å². The van der Waals surface area contributed by atoms with Gasteiger partial charge >= 0.3 is 0 Å². The van der Waals surface area contributed by atoms with Crippen LogP contribution in [0.15, 0.2) is 71.9 Å². The number of thioether (sulfide) groups is 1. The summed E-state index contributed by atoms with van der Waals surface area (Å²) in [6.45, 7) is 2.54. The Morgan fingerprint density at radius 1 is 1.02 bits per heavy atom. The topological polar surface area (TPSA) is 141 Å². The molecule has 230 valence electrons. The first-order valence-electron chi connectivity index (χ1n) is 13.5. The van der Waals surface area contributed by atoms with Gasteiger partial charge in [-0.3, -0.25) is 9.52 Å². The van der Waals surface area contributed by atoms with Gasteiger partial charge in [-0.25, -0.2) is 4.98 Å². The molecule has 0 bridgehead atoms. The van der Waals surface area contributed by atoms with E-state index in [1.54, 1.807) is 70.3 Å². The number of hydrogen-bond donors (Lipinski definition) is 3. The van der Waals surface area contributed by atoms with E-state index in [9.17, 15) is 13.2 Å². The van der Waals surface area contributed by atoms with Gasteiger partial charge in [0, 0.05) is 51.3 Å². The minimum Gasteiger partial charge on any atom is -0.491 e. The molecule has 1 unspecified atom stereocenters. The molecule has 0 saturated carbocycles. The van der Waals surface area contributed by atoms with Gasteiger partial charge in [-0.05, 0) is 36.2 Å². The first kappa shape index (κ1) is 32.3. The number of fused-ring (bicyclic) bond motifs is 1. The molecule has 4 aromatic rings. The normalized spacial score (nSPS) is 12.4. The number of aryl methyl sites for hydroxylation is 1. The Kier molecular flexibility index (Phi) is 11.4. The zero-order chi connectivity index (χ0) is 30.8. The standard InChI is InChI=1S/C30H36N4O7S2/c1-20-9-8-12-31-29(20)43(36,37)34-24-17-23(41-14-13-38-2)15-22-16-25(33-27(22)24)28(35)32-18-26(30(39-3)40-4)42-19-21-10-6-5-7-11-21/h5-12,15-17,26,30,33-34H,13-14,18-19H2,1-4H3,(H,32,35). The van der Waals surface area contributed by atoms with Crippen molar-refractivity contribution in [2.24, 2.45) is 0 Å². The van der Waals surface area contributed by atoms with Crippen LogP contribution in [-0.2, 0) is 30.0 Å². The number of carbonyl (C=O) groups excluding carboxylic acids is 1. The van der Waals surface area contributed by atoms with E-state index in [-0.39, 0.29) is 40.7 Å². The van der Waals surface area contributed by atoms with Crippen LogP contribution in [0.25, 0.3) is 10.9 Å². The van der Waals surface area contributed by atoms with Crippen molar-refractivity contribution in [3.05, 3.63) is 83.7 Å². The number of benzene rings is 2. The van der Waals surface area contributed by atoms with E-state index >= 15 is 0 Å². The average molecular weight is 629 g/mol. The van der Waals surface area contributed by atoms with E-state index < -0.39 is 16.3 Å². The van der Waals surface area contributed by atoms with Crippen LogP contribution in [0.5, 0.6) is 5.75 Å². The molecule has 4 rings (SSSR count). The fraction of sp³-hybridized carbons (Fsp3) is 0.333. The lowest BCUT2D eigenvalue weighted by Crippen LogP contribution is -2.39. The Labute approximate surface area is 255 Å². The fourth-order valence-corrected chi connectivity index (χ4v) is 6.81. The van der Waals surface area contributed by atoms with Gasteiger partial charge in [0.25, 0.3) is 15.9 Å². The highest BCUT2D eigenvalue weighted by molar-refractivity contribution is 7.99. The second-order valence-corrected chi connectivity index (χ2v) is 12.4. The van der Waals surface area contributed by atoms with Crippen LogP contribution in [0.2, 0.25) is 0 Å². The van der Waals surface area contributed by atoms with Crippen molar-refractivity contribution >= 4 is 44.3 Å². The second-order valence-electron chi connectivity index (χ2n) is 9.58. The lowest BCUT2D eigenvalue weighted by molar-refractivity contribution is -0.101. The Bertz CT molecular complexity index is 1610. The number of aromatic amines is 1. The van der Waals surface area contributed by atoms with Crippen molar-refractivity contribution in [2.75, 3.05) is 45.8 Å². The number of nitrogens with one attached hydrogen (secondary N) is 3. The predicted octanol–water partition coefficient (Wildman–Crippen LogP) is 4.35. The van der Waals surface area contributed by atoms with Gasteiger partial charge in [0.05, 0.1) is 23.1 Å². The van der Waals surface area contributed by atoms with E-state index in [0.29, 0.717) is 34.6 Å². The summed E-state index contributed by atoms with van der Waals surface area (Å²) in [5.74, 6) is 0.747. The molecular formula is C30H36N4O7S2. The predicted molar refractivity (Wildman–Crippen MR) is 167 cm³/mol. The van der Waals surface area contributed by atoms with Crippen molar-refractivity contribution in [1.82, 2.24) is 15.3 Å². The third kappa shape index (κ3) is 8.48. The highest BCUT2D eigenvalue weighted by atomic mass is 32.2. The lowest BCUT2D eigenvalue weighted by Gasteiger charge is -2.24. The van der Waals surface area contributed by atoms with Crippen LogP contribution in [-0.4, -0.2) is 76.9 Å². The molecule has 3 N–H and O–H groups in total. The molecule has 43 heavy (non-hydrogen) atoms. The Balaban J connectivity index is 1.58. The second kappa shape index (κ2) is 15.2. The Morgan fingerprint density at radius 3 is 2.49 bits per heavy atom. The summed E-state index contributed by atoms with van der Waals surface area (Å²) in [5, 5.41) is 3.24. The molecule has 0 aliphatic heterocycles. The molecule has 2 aromatic carbocycles. The number of ether oxygens (including phenoxy) is 4. The first-order chi connectivity index (χ1) is 20.7. The number of hydrogen-bond acceptors (Lipinski definition) is 9. The number of carbonyl (C=O) groups is 1. The van der Waals surface area contributed by atoms with Gasteiger partial charge in [0.15, 0.2) is 11.3 Å². The van der Waals surface area contributed by atoms with Crippen molar-refractivity contribution in [2.45, 2.75) is 29.2 Å².